The standard InChI is InChI=1S/C11H15NO/c1-11(2,3)9-4-6-12-10(8-9)5-7-13/h4,6-8H,5H2,1-3H3. The predicted octanol–water partition coefficient (Wildman–Crippen LogP) is 2.12. The van der Waals surface area contributed by atoms with E-state index < -0.39 is 0 Å². The van der Waals surface area contributed by atoms with Crippen molar-refractivity contribution in [3.8, 4) is 0 Å². The van der Waals surface area contributed by atoms with Crippen LogP contribution in [0.3, 0.4) is 0 Å². The van der Waals surface area contributed by atoms with Crippen LogP contribution in [0.25, 0.3) is 0 Å². The number of aromatic nitrogens is 1. The van der Waals surface area contributed by atoms with Gasteiger partial charge in [0.15, 0.2) is 0 Å². The molecule has 0 atom stereocenters. The average Bonchev–Trinajstić information content (AvgIpc) is 2.04. The maximum Gasteiger partial charge on any atom is 0.125 e. The summed E-state index contributed by atoms with van der Waals surface area (Å²) in [5.74, 6) is 0. The van der Waals surface area contributed by atoms with Crippen LogP contribution < -0.4 is 0 Å². The Hall–Kier alpha value is -1.18. The van der Waals surface area contributed by atoms with Crippen LogP contribution in [-0.2, 0) is 16.6 Å². The van der Waals surface area contributed by atoms with Crippen molar-refractivity contribution < 1.29 is 4.79 Å². The normalized spacial score (nSPS) is 11.3. The molecule has 0 amide bonds. The zero-order chi connectivity index (χ0) is 9.90. The second kappa shape index (κ2) is 3.69. The summed E-state index contributed by atoms with van der Waals surface area (Å²) in [5, 5.41) is 0. The highest BCUT2D eigenvalue weighted by molar-refractivity contribution is 5.53. The fourth-order valence-electron chi connectivity index (χ4n) is 1.14. The molecule has 1 heterocycles. The van der Waals surface area contributed by atoms with E-state index in [1.807, 2.05) is 12.1 Å². The maximum absolute atomic E-state index is 10.3. The predicted molar refractivity (Wildman–Crippen MR) is 52.7 cm³/mol. The van der Waals surface area contributed by atoms with Crippen molar-refractivity contribution in [1.29, 1.82) is 0 Å². The molecule has 2 nitrogen and oxygen atoms in total. The number of hydrogen-bond donors (Lipinski definition) is 0. The molecule has 0 unspecified atom stereocenters. The van der Waals surface area contributed by atoms with Crippen LogP contribution >= 0.6 is 0 Å². The van der Waals surface area contributed by atoms with Gasteiger partial charge in [0, 0.05) is 18.3 Å². The minimum absolute atomic E-state index is 0.126. The van der Waals surface area contributed by atoms with Crippen molar-refractivity contribution in [3.05, 3.63) is 29.6 Å². The van der Waals surface area contributed by atoms with Gasteiger partial charge in [-0.1, -0.05) is 20.8 Å². The smallest absolute Gasteiger partial charge is 0.125 e. The third kappa shape index (κ3) is 2.65. The van der Waals surface area contributed by atoms with Crippen molar-refractivity contribution in [2.75, 3.05) is 0 Å². The number of carbonyl (C=O) groups is 1. The molecule has 0 aromatic carbocycles. The molecular formula is C11H15NO. The van der Waals surface area contributed by atoms with E-state index in [2.05, 4.69) is 25.8 Å². The van der Waals surface area contributed by atoms with Gasteiger partial charge in [-0.3, -0.25) is 4.98 Å². The Kier molecular flexibility index (Phi) is 2.81. The second-order valence-electron chi connectivity index (χ2n) is 4.16. The lowest BCUT2D eigenvalue weighted by Gasteiger charge is -2.18. The first-order valence-corrected chi connectivity index (χ1v) is 4.43. The van der Waals surface area contributed by atoms with E-state index in [4.69, 9.17) is 0 Å². The van der Waals surface area contributed by atoms with Crippen LogP contribution in [0, 0.1) is 0 Å². The number of pyridine rings is 1. The fraction of sp³-hybridized carbons (Fsp3) is 0.455. The van der Waals surface area contributed by atoms with Gasteiger partial charge in [-0.2, -0.15) is 0 Å². The summed E-state index contributed by atoms with van der Waals surface area (Å²) in [4.78, 5) is 14.4. The van der Waals surface area contributed by atoms with Crippen LogP contribution in [-0.4, -0.2) is 11.3 Å². The van der Waals surface area contributed by atoms with Gasteiger partial charge in [-0.15, -0.1) is 0 Å². The molecule has 1 aromatic rings. The highest BCUT2D eigenvalue weighted by Crippen LogP contribution is 2.21. The molecule has 1 aromatic heterocycles. The second-order valence-corrected chi connectivity index (χ2v) is 4.16. The monoisotopic (exact) mass is 177 g/mol. The molecule has 0 fully saturated rings. The Labute approximate surface area is 79.0 Å². The molecule has 70 valence electrons. The highest BCUT2D eigenvalue weighted by Gasteiger charge is 2.13. The molecule has 0 spiro atoms. The van der Waals surface area contributed by atoms with Crippen LogP contribution in [0.4, 0.5) is 0 Å². The first-order valence-electron chi connectivity index (χ1n) is 4.43. The third-order valence-corrected chi connectivity index (χ3v) is 1.98. The van der Waals surface area contributed by atoms with E-state index in [-0.39, 0.29) is 5.41 Å². The molecule has 0 bridgehead atoms. The van der Waals surface area contributed by atoms with E-state index in [1.165, 1.54) is 5.56 Å². The lowest BCUT2D eigenvalue weighted by molar-refractivity contribution is -0.107. The molecule has 0 saturated heterocycles. The van der Waals surface area contributed by atoms with Gasteiger partial charge in [-0.25, -0.2) is 0 Å². The van der Waals surface area contributed by atoms with Crippen molar-refractivity contribution in [2.45, 2.75) is 32.6 Å². The van der Waals surface area contributed by atoms with Crippen LogP contribution in [0.5, 0.6) is 0 Å². The fourth-order valence-corrected chi connectivity index (χ4v) is 1.14. The van der Waals surface area contributed by atoms with Gasteiger partial charge in [0.25, 0.3) is 0 Å². The van der Waals surface area contributed by atoms with Crippen molar-refractivity contribution in [2.24, 2.45) is 0 Å². The van der Waals surface area contributed by atoms with Gasteiger partial charge in [0.2, 0.25) is 0 Å². The van der Waals surface area contributed by atoms with Gasteiger partial charge >= 0.3 is 0 Å². The first-order chi connectivity index (χ1) is 6.04. The maximum atomic E-state index is 10.3. The summed E-state index contributed by atoms with van der Waals surface area (Å²) in [6, 6.07) is 3.99. The van der Waals surface area contributed by atoms with E-state index in [0.717, 1.165) is 12.0 Å². The molecule has 0 radical (unpaired) electrons. The topological polar surface area (TPSA) is 30.0 Å². The largest absolute Gasteiger partial charge is 0.303 e. The van der Waals surface area contributed by atoms with E-state index in [9.17, 15) is 4.79 Å². The van der Waals surface area contributed by atoms with Gasteiger partial charge in [-0.05, 0) is 23.1 Å². The first kappa shape index (κ1) is 9.90. The zero-order valence-corrected chi connectivity index (χ0v) is 8.37. The highest BCUT2D eigenvalue weighted by atomic mass is 16.1. The summed E-state index contributed by atoms with van der Waals surface area (Å²) >= 11 is 0. The quantitative estimate of drug-likeness (QED) is 0.648. The number of aldehydes is 1. The summed E-state index contributed by atoms with van der Waals surface area (Å²) in [6.07, 6.45) is 3.05. The van der Waals surface area contributed by atoms with Crippen molar-refractivity contribution in [3.63, 3.8) is 0 Å². The minimum Gasteiger partial charge on any atom is -0.303 e. The van der Waals surface area contributed by atoms with E-state index in [1.54, 1.807) is 6.20 Å². The summed E-state index contributed by atoms with van der Waals surface area (Å²) in [5.41, 5.74) is 2.20. The molecule has 0 saturated carbocycles. The molecule has 0 aliphatic carbocycles. The van der Waals surface area contributed by atoms with E-state index >= 15 is 0 Å². The molecule has 13 heavy (non-hydrogen) atoms. The van der Waals surface area contributed by atoms with Gasteiger partial charge in [0.1, 0.15) is 6.29 Å². The Morgan fingerprint density at radius 2 is 2.15 bits per heavy atom. The van der Waals surface area contributed by atoms with Crippen LogP contribution in [0.1, 0.15) is 32.0 Å². The molecule has 1 rings (SSSR count). The molecule has 2 heteroatoms. The van der Waals surface area contributed by atoms with Crippen LogP contribution in [0.2, 0.25) is 0 Å². The average molecular weight is 177 g/mol. The lowest BCUT2D eigenvalue weighted by atomic mass is 9.87. The van der Waals surface area contributed by atoms with Gasteiger partial charge < -0.3 is 4.79 Å². The third-order valence-electron chi connectivity index (χ3n) is 1.98. The summed E-state index contributed by atoms with van der Waals surface area (Å²) < 4.78 is 0. The minimum atomic E-state index is 0.126. The molecule has 0 aliphatic rings. The zero-order valence-electron chi connectivity index (χ0n) is 8.37. The Morgan fingerprint density at radius 1 is 1.46 bits per heavy atom. The summed E-state index contributed by atoms with van der Waals surface area (Å²) in [6.45, 7) is 6.44. The van der Waals surface area contributed by atoms with E-state index in [0.29, 0.717) is 6.42 Å². The molecular weight excluding hydrogens is 162 g/mol. The lowest BCUT2D eigenvalue weighted by Crippen LogP contribution is -2.11. The number of hydrogen-bond acceptors (Lipinski definition) is 2. The Bertz CT molecular complexity index is 299. The molecule has 0 N–H and O–H groups in total. The van der Waals surface area contributed by atoms with Crippen molar-refractivity contribution in [1.82, 2.24) is 4.98 Å². The Morgan fingerprint density at radius 3 is 2.69 bits per heavy atom. The number of nitrogens with zero attached hydrogens (tertiary/aromatic N) is 1. The van der Waals surface area contributed by atoms with Crippen LogP contribution in [0.15, 0.2) is 18.3 Å². The Balaban J connectivity index is 2.98. The SMILES string of the molecule is CC(C)(C)c1ccnc(CC=O)c1. The summed E-state index contributed by atoms with van der Waals surface area (Å²) in [7, 11) is 0. The number of carbonyl (C=O) groups excluding carboxylic acids is 1. The van der Waals surface area contributed by atoms with Crippen molar-refractivity contribution >= 4 is 6.29 Å². The number of rotatable bonds is 2. The molecule has 0 aliphatic heterocycles. The van der Waals surface area contributed by atoms with Gasteiger partial charge in [0.05, 0.1) is 0 Å².